The van der Waals surface area contributed by atoms with Gasteiger partial charge in [-0.3, -0.25) is 4.79 Å². The van der Waals surface area contributed by atoms with E-state index in [1.54, 1.807) is 0 Å². The molecule has 3 aliphatic carbocycles. The van der Waals surface area contributed by atoms with E-state index in [0.717, 1.165) is 11.1 Å². The Hall–Kier alpha value is -0.573. The van der Waals surface area contributed by atoms with E-state index in [9.17, 15) is 20.1 Å². The van der Waals surface area contributed by atoms with Crippen LogP contribution in [0.4, 0.5) is 0 Å². The van der Waals surface area contributed by atoms with Crippen molar-refractivity contribution in [3.63, 3.8) is 0 Å². The fourth-order valence-electron chi connectivity index (χ4n) is 7.72. The van der Waals surface area contributed by atoms with Crippen LogP contribution in [0, 0.1) is 28.6 Å². The van der Waals surface area contributed by atoms with Crippen molar-refractivity contribution >= 4 is 14.1 Å². The van der Waals surface area contributed by atoms with Crippen LogP contribution in [-0.2, 0) is 14.0 Å². The first kappa shape index (κ1) is 24.5. The summed E-state index contributed by atoms with van der Waals surface area (Å²) in [6.45, 7) is 18.1. The topological polar surface area (TPSA) is 96.2 Å². The number of ether oxygens (including phenoxy) is 1. The molecule has 0 spiro atoms. The molecule has 2 bridgehead atoms. The molecule has 9 atom stereocenters. The first-order chi connectivity index (χ1) is 14.4. The van der Waals surface area contributed by atoms with Crippen molar-refractivity contribution < 1.29 is 29.3 Å². The molecule has 0 radical (unpaired) electrons. The Balaban J connectivity index is 1.97. The summed E-state index contributed by atoms with van der Waals surface area (Å²) in [4.78, 5) is 14.2. The van der Waals surface area contributed by atoms with Gasteiger partial charge in [0.15, 0.2) is 8.32 Å². The van der Waals surface area contributed by atoms with Crippen LogP contribution in [0.2, 0.25) is 19.6 Å². The highest BCUT2D eigenvalue weighted by Crippen LogP contribution is 2.64. The fourth-order valence-corrected chi connectivity index (χ4v) is 8.83. The van der Waals surface area contributed by atoms with Crippen molar-refractivity contribution in [1.29, 1.82) is 0 Å². The summed E-state index contributed by atoms with van der Waals surface area (Å²) >= 11 is 0. The van der Waals surface area contributed by atoms with Crippen LogP contribution in [0.5, 0.6) is 0 Å². The maximum atomic E-state index is 14.2. The zero-order chi connectivity index (χ0) is 24.2. The standard InChI is InChI=1S/C25H42O6Si/c1-13-10-17-24(28,12-30-17)19-21(27)25(29)11-16(31-32(7,8)9)14(2)18(22(25,4)5)15(3)20(26)23(13,19)6/h13,15-17,19,21,27-29H,10-12H2,1-9H3/t13-,15+,16?,17?,19?,21?,23+,24?,25?/m0/s1. The van der Waals surface area contributed by atoms with Gasteiger partial charge in [0.25, 0.3) is 0 Å². The molecule has 4 rings (SSSR count). The molecule has 7 heteroatoms. The number of hydrogen-bond acceptors (Lipinski definition) is 6. The molecule has 3 fully saturated rings. The van der Waals surface area contributed by atoms with Gasteiger partial charge in [-0.05, 0) is 50.0 Å². The van der Waals surface area contributed by atoms with E-state index >= 15 is 0 Å². The van der Waals surface area contributed by atoms with E-state index in [0.29, 0.717) is 6.42 Å². The van der Waals surface area contributed by atoms with Gasteiger partial charge in [-0.2, -0.15) is 0 Å². The first-order valence-corrected chi connectivity index (χ1v) is 15.5. The van der Waals surface area contributed by atoms with Crippen LogP contribution in [0.3, 0.4) is 0 Å². The summed E-state index contributed by atoms with van der Waals surface area (Å²) in [5, 5.41) is 36.1. The molecule has 6 nitrogen and oxygen atoms in total. The van der Waals surface area contributed by atoms with Crippen LogP contribution in [0.25, 0.3) is 0 Å². The third kappa shape index (κ3) is 2.91. The van der Waals surface area contributed by atoms with Gasteiger partial charge in [0.2, 0.25) is 0 Å². The predicted molar refractivity (Wildman–Crippen MR) is 125 cm³/mol. The Kier molecular flexibility index (Phi) is 5.36. The summed E-state index contributed by atoms with van der Waals surface area (Å²) in [5.74, 6) is -1.33. The predicted octanol–water partition coefficient (Wildman–Crippen LogP) is 3.06. The molecule has 6 unspecified atom stereocenters. The zero-order valence-electron chi connectivity index (χ0n) is 21.2. The van der Waals surface area contributed by atoms with Crippen LogP contribution >= 0.6 is 0 Å². The molecular formula is C25H42O6Si. The molecule has 4 aliphatic rings. The first-order valence-electron chi connectivity index (χ1n) is 12.1. The molecule has 0 aromatic rings. The minimum Gasteiger partial charge on any atom is -0.411 e. The van der Waals surface area contributed by atoms with Crippen LogP contribution in [0.15, 0.2) is 11.1 Å². The van der Waals surface area contributed by atoms with Gasteiger partial charge < -0.3 is 24.5 Å². The zero-order valence-corrected chi connectivity index (χ0v) is 22.2. The summed E-state index contributed by atoms with van der Waals surface area (Å²) in [7, 11) is -1.97. The Morgan fingerprint density at radius 3 is 2.22 bits per heavy atom. The number of carbonyl (C=O) groups is 1. The largest absolute Gasteiger partial charge is 0.411 e. The summed E-state index contributed by atoms with van der Waals surface area (Å²) in [5.41, 5.74) is -2.83. The highest BCUT2D eigenvalue weighted by atomic mass is 28.4. The van der Waals surface area contributed by atoms with E-state index in [4.69, 9.17) is 9.16 Å². The van der Waals surface area contributed by atoms with Crippen molar-refractivity contribution in [2.75, 3.05) is 6.61 Å². The number of aliphatic hydroxyl groups excluding tert-OH is 1. The third-order valence-electron chi connectivity index (χ3n) is 9.67. The van der Waals surface area contributed by atoms with Gasteiger partial charge in [-0.15, -0.1) is 0 Å². The summed E-state index contributed by atoms with van der Waals surface area (Å²) < 4.78 is 12.2. The lowest BCUT2D eigenvalue weighted by Gasteiger charge is -2.67. The van der Waals surface area contributed by atoms with E-state index in [2.05, 4.69) is 19.6 Å². The van der Waals surface area contributed by atoms with E-state index in [1.165, 1.54) is 0 Å². The van der Waals surface area contributed by atoms with Crippen molar-refractivity contribution in [1.82, 2.24) is 0 Å². The van der Waals surface area contributed by atoms with Crippen LogP contribution in [-0.4, -0.2) is 65.5 Å². The number of ketones is 1. The SMILES string of the molecule is CC1=C2[C@@H](C)C(=O)[C@@]3(C)C(C(O)C(O)(CC1O[Si](C)(C)C)C2(C)C)C1(O)COC1C[C@@H]3C. The molecule has 1 saturated heterocycles. The van der Waals surface area contributed by atoms with Crippen molar-refractivity contribution in [3.05, 3.63) is 11.1 Å². The van der Waals surface area contributed by atoms with Crippen LogP contribution < -0.4 is 0 Å². The van der Waals surface area contributed by atoms with Gasteiger partial charge in [0.1, 0.15) is 17.0 Å². The quantitative estimate of drug-likeness (QED) is 0.428. The second kappa shape index (κ2) is 6.98. The lowest BCUT2D eigenvalue weighted by Crippen LogP contribution is -2.79. The Bertz CT molecular complexity index is 861. The molecule has 0 aromatic heterocycles. The number of aliphatic hydroxyl groups is 3. The smallest absolute Gasteiger partial charge is 0.184 e. The minimum atomic E-state index is -1.97. The molecular weight excluding hydrogens is 424 g/mol. The van der Waals surface area contributed by atoms with Gasteiger partial charge >= 0.3 is 0 Å². The summed E-state index contributed by atoms with van der Waals surface area (Å²) in [6.07, 6.45) is -1.28. The average molecular weight is 467 g/mol. The lowest BCUT2D eigenvalue weighted by atomic mass is 9.42. The third-order valence-corrected chi connectivity index (χ3v) is 10.7. The van der Waals surface area contributed by atoms with Gasteiger partial charge in [0.05, 0.1) is 24.9 Å². The molecule has 0 aromatic carbocycles. The summed E-state index contributed by atoms with van der Waals surface area (Å²) in [6, 6.07) is 0. The molecule has 182 valence electrons. The Morgan fingerprint density at radius 1 is 1.12 bits per heavy atom. The molecule has 1 heterocycles. The molecule has 32 heavy (non-hydrogen) atoms. The Morgan fingerprint density at radius 2 is 1.72 bits per heavy atom. The Labute approximate surface area is 193 Å². The van der Waals surface area contributed by atoms with Gasteiger partial charge in [-0.1, -0.05) is 34.6 Å². The maximum Gasteiger partial charge on any atom is 0.184 e. The highest BCUT2D eigenvalue weighted by molar-refractivity contribution is 6.69. The van der Waals surface area contributed by atoms with Crippen molar-refractivity contribution in [2.24, 2.45) is 28.6 Å². The van der Waals surface area contributed by atoms with E-state index in [1.807, 2.05) is 41.5 Å². The van der Waals surface area contributed by atoms with Crippen LogP contribution in [0.1, 0.15) is 54.4 Å². The number of hydrogen-bond donors (Lipinski definition) is 3. The van der Waals surface area contributed by atoms with Gasteiger partial charge in [0, 0.05) is 29.1 Å². The maximum absolute atomic E-state index is 14.2. The minimum absolute atomic E-state index is 0.0333. The fraction of sp³-hybridized carbons (Fsp3) is 0.880. The number of Topliss-reactive ketones (excluding diaryl/α,β-unsaturated/α-hetero) is 1. The molecule has 3 N–H and O–H groups in total. The van der Waals surface area contributed by atoms with Crippen molar-refractivity contribution in [2.45, 2.75) is 104 Å². The number of fused-ring (bicyclic) bond motifs is 5. The molecule has 1 aliphatic heterocycles. The molecule has 0 amide bonds. The van der Waals surface area contributed by atoms with E-state index < -0.39 is 54.4 Å². The van der Waals surface area contributed by atoms with E-state index in [-0.39, 0.29) is 30.8 Å². The lowest BCUT2D eigenvalue weighted by molar-refractivity contribution is -0.337. The number of carbonyl (C=O) groups excluding carboxylic acids is 1. The molecule has 2 saturated carbocycles. The number of rotatable bonds is 2. The average Bonchev–Trinajstić information content (AvgIpc) is 2.65. The van der Waals surface area contributed by atoms with Gasteiger partial charge in [-0.25, -0.2) is 0 Å². The monoisotopic (exact) mass is 466 g/mol. The highest BCUT2D eigenvalue weighted by Gasteiger charge is 2.73. The normalized spacial score (nSPS) is 50.7. The second-order valence-electron chi connectivity index (χ2n) is 12.8. The van der Waals surface area contributed by atoms with Crippen molar-refractivity contribution in [3.8, 4) is 0 Å². The second-order valence-corrected chi connectivity index (χ2v) is 17.2.